The van der Waals surface area contributed by atoms with Crippen LogP contribution in [0.3, 0.4) is 0 Å². The van der Waals surface area contributed by atoms with Gasteiger partial charge in [-0.2, -0.15) is 0 Å². The molecule has 4 aromatic rings. The molecule has 0 radical (unpaired) electrons. The number of imidazole rings is 1. The van der Waals surface area contributed by atoms with Crippen molar-refractivity contribution in [3.8, 4) is 5.69 Å². The molecule has 2 aromatic carbocycles. The third-order valence-electron chi connectivity index (χ3n) is 4.51. The van der Waals surface area contributed by atoms with Crippen molar-refractivity contribution in [3.05, 3.63) is 84.1 Å². The van der Waals surface area contributed by atoms with E-state index in [0.717, 1.165) is 17.6 Å². The Kier molecular flexibility index (Phi) is 4.27. The standard InChI is InChI=1S/C21H20N4O/c1-15-5-6-19-17(13-24-20(19)11-15)7-8-23-21(26)16-3-2-4-18(12-16)25-10-9-22-14-25/h2-6,9-14,24H,7-8H2,1H3,(H,23,26). The Morgan fingerprint density at radius 1 is 1.23 bits per heavy atom. The molecule has 0 atom stereocenters. The Morgan fingerprint density at radius 3 is 3.00 bits per heavy atom. The first-order chi connectivity index (χ1) is 12.7. The van der Waals surface area contributed by atoms with Crippen LogP contribution in [0.25, 0.3) is 16.6 Å². The van der Waals surface area contributed by atoms with E-state index in [1.165, 1.54) is 16.5 Å². The van der Waals surface area contributed by atoms with Crippen LogP contribution in [-0.4, -0.2) is 27.0 Å². The number of carbonyl (C=O) groups is 1. The summed E-state index contributed by atoms with van der Waals surface area (Å²) in [5.41, 5.74) is 5.15. The normalized spacial score (nSPS) is 11.0. The molecule has 2 aromatic heterocycles. The quantitative estimate of drug-likeness (QED) is 0.581. The van der Waals surface area contributed by atoms with E-state index in [1.54, 1.807) is 12.5 Å². The number of aryl methyl sites for hydroxylation is 1. The van der Waals surface area contributed by atoms with Crippen molar-refractivity contribution in [3.63, 3.8) is 0 Å². The second-order valence-corrected chi connectivity index (χ2v) is 6.39. The van der Waals surface area contributed by atoms with E-state index in [2.05, 4.69) is 40.4 Å². The molecule has 2 N–H and O–H groups in total. The molecule has 0 saturated carbocycles. The van der Waals surface area contributed by atoms with E-state index in [-0.39, 0.29) is 5.91 Å². The van der Waals surface area contributed by atoms with Gasteiger partial charge in [-0.05, 0) is 48.7 Å². The number of nitrogens with one attached hydrogen (secondary N) is 2. The van der Waals surface area contributed by atoms with Crippen LogP contribution in [0.15, 0.2) is 67.4 Å². The Labute approximate surface area is 151 Å². The summed E-state index contributed by atoms with van der Waals surface area (Å²) in [6, 6.07) is 13.9. The molecule has 0 aliphatic carbocycles. The van der Waals surface area contributed by atoms with Gasteiger partial charge in [0.15, 0.2) is 0 Å². The molecule has 0 bridgehead atoms. The molecule has 0 aliphatic heterocycles. The van der Waals surface area contributed by atoms with Crippen LogP contribution in [0.4, 0.5) is 0 Å². The van der Waals surface area contributed by atoms with Gasteiger partial charge in [0.25, 0.3) is 5.91 Å². The zero-order valence-electron chi connectivity index (χ0n) is 14.6. The van der Waals surface area contributed by atoms with Crippen molar-refractivity contribution < 1.29 is 4.79 Å². The maximum atomic E-state index is 12.5. The zero-order chi connectivity index (χ0) is 17.9. The Bertz CT molecular complexity index is 1050. The van der Waals surface area contributed by atoms with Gasteiger partial charge < -0.3 is 14.9 Å². The van der Waals surface area contributed by atoms with Crippen molar-refractivity contribution in [2.45, 2.75) is 13.3 Å². The topological polar surface area (TPSA) is 62.7 Å². The first-order valence-electron chi connectivity index (χ1n) is 8.64. The summed E-state index contributed by atoms with van der Waals surface area (Å²) in [4.78, 5) is 19.8. The SMILES string of the molecule is Cc1ccc2c(CCNC(=O)c3cccc(-n4ccnc4)c3)c[nH]c2c1. The van der Waals surface area contributed by atoms with E-state index >= 15 is 0 Å². The van der Waals surface area contributed by atoms with Crippen LogP contribution in [-0.2, 0) is 6.42 Å². The Hall–Kier alpha value is -3.34. The van der Waals surface area contributed by atoms with Crippen molar-refractivity contribution in [1.82, 2.24) is 19.9 Å². The van der Waals surface area contributed by atoms with Crippen LogP contribution in [0, 0.1) is 6.92 Å². The van der Waals surface area contributed by atoms with Gasteiger partial charge in [0.2, 0.25) is 0 Å². The number of aromatic amines is 1. The summed E-state index contributed by atoms with van der Waals surface area (Å²) in [5, 5.41) is 4.22. The molecule has 0 spiro atoms. The van der Waals surface area contributed by atoms with E-state index in [9.17, 15) is 4.79 Å². The third-order valence-corrected chi connectivity index (χ3v) is 4.51. The lowest BCUT2D eigenvalue weighted by atomic mass is 10.1. The average Bonchev–Trinajstić information content (AvgIpc) is 3.32. The van der Waals surface area contributed by atoms with Crippen LogP contribution in [0.1, 0.15) is 21.5 Å². The fourth-order valence-electron chi connectivity index (χ4n) is 3.14. The van der Waals surface area contributed by atoms with Crippen molar-refractivity contribution in [2.75, 3.05) is 6.54 Å². The smallest absolute Gasteiger partial charge is 0.251 e. The summed E-state index contributed by atoms with van der Waals surface area (Å²) < 4.78 is 1.88. The van der Waals surface area contributed by atoms with E-state index in [1.807, 2.05) is 41.2 Å². The maximum absolute atomic E-state index is 12.5. The molecule has 0 unspecified atom stereocenters. The number of hydrogen-bond donors (Lipinski definition) is 2. The summed E-state index contributed by atoms with van der Waals surface area (Å²) in [6.45, 7) is 2.67. The molecular formula is C21H20N4O. The monoisotopic (exact) mass is 344 g/mol. The lowest BCUT2D eigenvalue weighted by molar-refractivity contribution is 0.0954. The highest BCUT2D eigenvalue weighted by Gasteiger charge is 2.08. The Morgan fingerprint density at radius 2 is 2.15 bits per heavy atom. The molecule has 5 heteroatoms. The van der Waals surface area contributed by atoms with Gasteiger partial charge in [-0.1, -0.05) is 18.2 Å². The molecule has 1 amide bonds. The number of benzene rings is 2. The predicted octanol–water partition coefficient (Wildman–Crippen LogP) is 3.63. The van der Waals surface area contributed by atoms with Crippen LogP contribution in [0.5, 0.6) is 0 Å². The molecule has 26 heavy (non-hydrogen) atoms. The number of H-pyrrole nitrogens is 1. The van der Waals surface area contributed by atoms with Crippen molar-refractivity contribution in [2.24, 2.45) is 0 Å². The van der Waals surface area contributed by atoms with Gasteiger partial charge in [0.1, 0.15) is 0 Å². The van der Waals surface area contributed by atoms with Gasteiger partial charge in [0.05, 0.1) is 6.33 Å². The highest BCUT2D eigenvalue weighted by molar-refractivity contribution is 5.94. The molecule has 4 rings (SSSR count). The third kappa shape index (κ3) is 3.24. The number of amides is 1. The molecule has 0 saturated heterocycles. The highest BCUT2D eigenvalue weighted by atomic mass is 16.1. The number of fused-ring (bicyclic) bond motifs is 1. The molecule has 0 fully saturated rings. The van der Waals surface area contributed by atoms with Crippen LogP contribution < -0.4 is 5.32 Å². The lowest BCUT2D eigenvalue weighted by Crippen LogP contribution is -2.25. The second-order valence-electron chi connectivity index (χ2n) is 6.39. The van der Waals surface area contributed by atoms with E-state index < -0.39 is 0 Å². The molecule has 130 valence electrons. The summed E-state index contributed by atoms with van der Waals surface area (Å²) in [7, 11) is 0. The lowest BCUT2D eigenvalue weighted by Gasteiger charge is -2.07. The molecule has 5 nitrogen and oxygen atoms in total. The van der Waals surface area contributed by atoms with E-state index in [0.29, 0.717) is 12.1 Å². The first kappa shape index (κ1) is 16.1. The number of carbonyl (C=O) groups excluding carboxylic acids is 1. The summed E-state index contributed by atoms with van der Waals surface area (Å²) >= 11 is 0. The molecule has 0 aliphatic rings. The number of hydrogen-bond acceptors (Lipinski definition) is 2. The van der Waals surface area contributed by atoms with Crippen LogP contribution >= 0.6 is 0 Å². The summed E-state index contributed by atoms with van der Waals surface area (Å²) in [6.07, 6.45) is 8.10. The minimum atomic E-state index is -0.0670. The predicted molar refractivity (Wildman–Crippen MR) is 103 cm³/mol. The molecule has 2 heterocycles. The number of nitrogens with zero attached hydrogens (tertiary/aromatic N) is 2. The Balaban J connectivity index is 1.42. The van der Waals surface area contributed by atoms with Gasteiger partial charge in [-0.3, -0.25) is 4.79 Å². The van der Waals surface area contributed by atoms with Crippen LogP contribution in [0.2, 0.25) is 0 Å². The fraction of sp³-hybridized carbons (Fsp3) is 0.143. The fourth-order valence-corrected chi connectivity index (χ4v) is 3.14. The first-order valence-corrected chi connectivity index (χ1v) is 8.64. The highest BCUT2D eigenvalue weighted by Crippen LogP contribution is 2.19. The van der Waals surface area contributed by atoms with Crippen molar-refractivity contribution >= 4 is 16.8 Å². The largest absolute Gasteiger partial charge is 0.361 e. The van der Waals surface area contributed by atoms with Crippen molar-refractivity contribution in [1.29, 1.82) is 0 Å². The number of aromatic nitrogens is 3. The van der Waals surface area contributed by atoms with E-state index in [4.69, 9.17) is 0 Å². The maximum Gasteiger partial charge on any atom is 0.251 e. The minimum Gasteiger partial charge on any atom is -0.361 e. The molecular weight excluding hydrogens is 324 g/mol. The van der Waals surface area contributed by atoms with Gasteiger partial charge in [0, 0.05) is 47.3 Å². The summed E-state index contributed by atoms with van der Waals surface area (Å²) in [5.74, 6) is -0.0670. The van der Waals surface area contributed by atoms with Gasteiger partial charge in [-0.25, -0.2) is 4.98 Å². The minimum absolute atomic E-state index is 0.0670. The second kappa shape index (κ2) is 6.88. The van der Waals surface area contributed by atoms with Gasteiger partial charge in [-0.15, -0.1) is 0 Å². The average molecular weight is 344 g/mol. The van der Waals surface area contributed by atoms with Gasteiger partial charge >= 0.3 is 0 Å². The number of rotatable bonds is 5. The zero-order valence-corrected chi connectivity index (χ0v) is 14.6.